The summed E-state index contributed by atoms with van der Waals surface area (Å²) in [5, 5.41) is 0. The molecule has 0 radical (unpaired) electrons. The first-order chi connectivity index (χ1) is 10.3. The van der Waals surface area contributed by atoms with E-state index in [0.29, 0.717) is 19.6 Å². The fourth-order valence-corrected chi connectivity index (χ4v) is 3.26. The number of fused-ring (bicyclic) bond motifs is 1. The van der Waals surface area contributed by atoms with E-state index < -0.39 is 0 Å². The largest absolute Gasteiger partial charge is 0.493 e. The molecule has 1 atom stereocenters. The third-order valence-electron chi connectivity index (χ3n) is 3.66. The molecule has 0 saturated carbocycles. The van der Waals surface area contributed by atoms with Crippen molar-refractivity contribution in [3.63, 3.8) is 0 Å². The molecule has 1 aromatic heterocycles. The Bertz CT molecular complexity index is 638. The highest BCUT2D eigenvalue weighted by Crippen LogP contribution is 2.34. The predicted octanol–water partition coefficient (Wildman–Crippen LogP) is 3.10. The fourth-order valence-electron chi connectivity index (χ4n) is 2.50. The summed E-state index contributed by atoms with van der Waals surface area (Å²) >= 11 is 1.60. The molecule has 0 unspecified atom stereocenters. The number of benzene rings is 1. The van der Waals surface area contributed by atoms with Crippen LogP contribution in [0.4, 0.5) is 0 Å². The maximum absolute atomic E-state index is 12.3. The number of rotatable bonds is 4. The second-order valence-corrected chi connectivity index (χ2v) is 5.95. The second-order valence-electron chi connectivity index (χ2n) is 5.01. The summed E-state index contributed by atoms with van der Waals surface area (Å²) in [5.74, 6) is 0.425. The van der Waals surface area contributed by atoms with E-state index in [9.17, 15) is 4.79 Å². The molecule has 0 bridgehead atoms. The van der Waals surface area contributed by atoms with Gasteiger partial charge in [0.15, 0.2) is 0 Å². The van der Waals surface area contributed by atoms with Crippen LogP contribution in [0.25, 0.3) is 0 Å². The zero-order valence-electron chi connectivity index (χ0n) is 11.9. The number of nitrogens with zero attached hydrogens (tertiary/aromatic N) is 1. The van der Waals surface area contributed by atoms with Crippen molar-refractivity contribution >= 4 is 17.3 Å². The van der Waals surface area contributed by atoms with Gasteiger partial charge < -0.3 is 9.47 Å². The summed E-state index contributed by atoms with van der Waals surface area (Å²) in [6, 6.07) is 7.68. The summed E-state index contributed by atoms with van der Waals surface area (Å²) < 4.78 is 11.0. The lowest BCUT2D eigenvalue weighted by atomic mass is 9.93. The molecule has 2 heterocycles. The van der Waals surface area contributed by atoms with Crippen molar-refractivity contribution in [3.8, 4) is 5.75 Å². The first-order valence-electron chi connectivity index (χ1n) is 7.03. The Morgan fingerprint density at radius 3 is 3.14 bits per heavy atom. The number of aromatic nitrogens is 1. The number of carbonyl (C=O) groups excluding carboxylic acids is 1. The van der Waals surface area contributed by atoms with Crippen LogP contribution < -0.4 is 4.74 Å². The number of hydrogen-bond acceptors (Lipinski definition) is 5. The van der Waals surface area contributed by atoms with Gasteiger partial charge in [0, 0.05) is 16.9 Å². The standard InChI is InChI=1S/C16H17NO3S/c1-11-15(21-10-17-11)7-9-20-16(18)13-6-8-19-14-5-3-2-4-12(13)14/h2-5,10,13H,6-9H2,1H3/t13-/m0/s1. The third-order valence-corrected chi connectivity index (χ3v) is 4.66. The van der Waals surface area contributed by atoms with Crippen LogP contribution in [0.15, 0.2) is 29.8 Å². The zero-order chi connectivity index (χ0) is 14.7. The molecule has 0 aliphatic carbocycles. The number of hydrogen-bond donors (Lipinski definition) is 0. The minimum absolute atomic E-state index is 0.159. The summed E-state index contributed by atoms with van der Waals surface area (Å²) in [4.78, 5) is 17.7. The third kappa shape index (κ3) is 3.08. The van der Waals surface area contributed by atoms with Crippen LogP contribution in [0.3, 0.4) is 0 Å². The minimum atomic E-state index is -0.211. The van der Waals surface area contributed by atoms with Gasteiger partial charge in [-0.3, -0.25) is 4.79 Å². The summed E-state index contributed by atoms with van der Waals surface area (Å²) in [6.07, 6.45) is 1.41. The molecule has 3 rings (SSSR count). The predicted molar refractivity (Wildman–Crippen MR) is 80.8 cm³/mol. The Hall–Kier alpha value is -1.88. The van der Waals surface area contributed by atoms with Crippen molar-refractivity contribution < 1.29 is 14.3 Å². The van der Waals surface area contributed by atoms with Gasteiger partial charge in [-0.25, -0.2) is 4.98 Å². The molecule has 1 aliphatic heterocycles. The molecule has 0 saturated heterocycles. The molecule has 1 aliphatic rings. The number of carbonyl (C=O) groups is 1. The van der Waals surface area contributed by atoms with Gasteiger partial charge in [0.05, 0.1) is 30.3 Å². The average Bonchev–Trinajstić information content (AvgIpc) is 2.92. The van der Waals surface area contributed by atoms with Crippen molar-refractivity contribution in [3.05, 3.63) is 45.9 Å². The first-order valence-corrected chi connectivity index (χ1v) is 7.91. The lowest BCUT2D eigenvalue weighted by molar-refractivity contribution is -0.146. The minimum Gasteiger partial charge on any atom is -0.493 e. The van der Waals surface area contributed by atoms with E-state index in [0.717, 1.165) is 23.4 Å². The highest BCUT2D eigenvalue weighted by atomic mass is 32.1. The number of para-hydroxylation sites is 1. The van der Waals surface area contributed by atoms with Crippen molar-refractivity contribution in [1.29, 1.82) is 0 Å². The first kappa shape index (κ1) is 14.1. The quantitative estimate of drug-likeness (QED) is 0.814. The van der Waals surface area contributed by atoms with E-state index in [1.54, 1.807) is 11.3 Å². The van der Waals surface area contributed by atoms with Gasteiger partial charge in [-0.15, -0.1) is 11.3 Å². The van der Waals surface area contributed by atoms with Crippen LogP contribution >= 0.6 is 11.3 Å². The number of aryl methyl sites for hydroxylation is 1. The highest BCUT2D eigenvalue weighted by Gasteiger charge is 2.28. The van der Waals surface area contributed by atoms with Gasteiger partial charge in [-0.05, 0) is 19.4 Å². The van der Waals surface area contributed by atoms with E-state index in [4.69, 9.17) is 9.47 Å². The van der Waals surface area contributed by atoms with Crippen molar-refractivity contribution in [2.75, 3.05) is 13.2 Å². The normalized spacial score (nSPS) is 16.9. The molecule has 4 nitrogen and oxygen atoms in total. The van der Waals surface area contributed by atoms with Gasteiger partial charge >= 0.3 is 5.97 Å². The van der Waals surface area contributed by atoms with Crippen LogP contribution in [0, 0.1) is 6.92 Å². The topological polar surface area (TPSA) is 48.4 Å². The second kappa shape index (κ2) is 6.26. The Kier molecular flexibility index (Phi) is 4.20. The number of ether oxygens (including phenoxy) is 2. The van der Waals surface area contributed by atoms with E-state index in [1.165, 1.54) is 4.88 Å². The molecule has 2 aromatic rings. The van der Waals surface area contributed by atoms with E-state index in [1.807, 2.05) is 36.7 Å². The Labute approximate surface area is 127 Å². The molecule has 110 valence electrons. The van der Waals surface area contributed by atoms with Gasteiger partial charge in [0.2, 0.25) is 0 Å². The van der Waals surface area contributed by atoms with Gasteiger partial charge in [0.25, 0.3) is 0 Å². The van der Waals surface area contributed by atoms with Crippen LogP contribution in [0.5, 0.6) is 5.75 Å². The van der Waals surface area contributed by atoms with E-state index in [-0.39, 0.29) is 11.9 Å². The maximum Gasteiger partial charge on any atom is 0.313 e. The fraction of sp³-hybridized carbons (Fsp3) is 0.375. The smallest absolute Gasteiger partial charge is 0.313 e. The zero-order valence-corrected chi connectivity index (χ0v) is 12.7. The van der Waals surface area contributed by atoms with Crippen molar-refractivity contribution in [2.45, 2.75) is 25.7 Å². The molecule has 0 N–H and O–H groups in total. The Morgan fingerprint density at radius 1 is 1.48 bits per heavy atom. The van der Waals surface area contributed by atoms with Crippen LogP contribution in [0.2, 0.25) is 0 Å². The Balaban J connectivity index is 1.60. The molecular weight excluding hydrogens is 286 g/mol. The lowest BCUT2D eigenvalue weighted by Crippen LogP contribution is -2.23. The molecule has 21 heavy (non-hydrogen) atoms. The van der Waals surface area contributed by atoms with Gasteiger partial charge in [-0.1, -0.05) is 18.2 Å². The SMILES string of the molecule is Cc1ncsc1CCOC(=O)[C@H]1CCOc2ccccc21. The Morgan fingerprint density at radius 2 is 2.33 bits per heavy atom. The highest BCUT2D eigenvalue weighted by molar-refractivity contribution is 7.09. The molecule has 1 aromatic carbocycles. The summed E-state index contributed by atoms with van der Waals surface area (Å²) in [7, 11) is 0. The lowest BCUT2D eigenvalue weighted by Gasteiger charge is -2.24. The maximum atomic E-state index is 12.3. The summed E-state index contributed by atoms with van der Waals surface area (Å²) in [6.45, 7) is 2.94. The van der Waals surface area contributed by atoms with E-state index in [2.05, 4.69) is 4.98 Å². The van der Waals surface area contributed by atoms with E-state index >= 15 is 0 Å². The van der Waals surface area contributed by atoms with Crippen LogP contribution in [-0.4, -0.2) is 24.2 Å². The molecule has 0 amide bonds. The van der Waals surface area contributed by atoms with Gasteiger partial charge in [0.1, 0.15) is 5.75 Å². The molecule has 5 heteroatoms. The van der Waals surface area contributed by atoms with Crippen molar-refractivity contribution in [2.24, 2.45) is 0 Å². The number of thiazole rings is 1. The van der Waals surface area contributed by atoms with Crippen LogP contribution in [0.1, 0.15) is 28.5 Å². The van der Waals surface area contributed by atoms with Crippen LogP contribution in [-0.2, 0) is 16.0 Å². The molecular formula is C16H17NO3S. The molecule has 0 spiro atoms. The summed E-state index contributed by atoms with van der Waals surface area (Å²) in [5.41, 5.74) is 3.77. The monoisotopic (exact) mass is 303 g/mol. The number of esters is 1. The average molecular weight is 303 g/mol. The molecule has 0 fully saturated rings. The van der Waals surface area contributed by atoms with Gasteiger partial charge in [-0.2, -0.15) is 0 Å². The van der Waals surface area contributed by atoms with Crippen molar-refractivity contribution in [1.82, 2.24) is 4.98 Å².